The van der Waals surface area contributed by atoms with Crippen LogP contribution >= 0.6 is 11.3 Å². The van der Waals surface area contributed by atoms with E-state index in [9.17, 15) is 0 Å². The summed E-state index contributed by atoms with van der Waals surface area (Å²) in [4.78, 5) is 6.88. The number of thiazole rings is 1. The van der Waals surface area contributed by atoms with E-state index in [0.717, 1.165) is 36.8 Å². The first kappa shape index (κ1) is 12.9. The van der Waals surface area contributed by atoms with E-state index in [4.69, 9.17) is 0 Å². The number of benzene rings is 1. The predicted molar refractivity (Wildman–Crippen MR) is 83.2 cm³/mol. The van der Waals surface area contributed by atoms with Crippen LogP contribution in [0.4, 0.5) is 0 Å². The maximum absolute atomic E-state index is 4.42. The lowest BCUT2D eigenvalue weighted by Crippen LogP contribution is -2.36. The van der Waals surface area contributed by atoms with Gasteiger partial charge in [-0.25, -0.2) is 4.98 Å². The maximum atomic E-state index is 4.42. The van der Waals surface area contributed by atoms with Crippen LogP contribution in [-0.2, 0) is 13.1 Å². The Morgan fingerprint density at radius 2 is 2.14 bits per heavy atom. The minimum Gasteiger partial charge on any atom is -0.313 e. The van der Waals surface area contributed by atoms with Crippen molar-refractivity contribution in [3.05, 3.63) is 40.9 Å². The number of aryl methyl sites for hydroxylation is 1. The number of hydrogen-bond acceptors (Lipinski definition) is 5. The molecule has 0 saturated heterocycles. The van der Waals surface area contributed by atoms with Crippen molar-refractivity contribution in [1.29, 1.82) is 0 Å². The third-order valence-corrected chi connectivity index (χ3v) is 5.16. The Morgan fingerprint density at radius 1 is 1.24 bits per heavy atom. The highest BCUT2D eigenvalue weighted by Crippen LogP contribution is 2.28. The molecule has 0 bridgehead atoms. The third-order valence-electron chi connectivity index (χ3n) is 4.35. The number of nitrogens with zero attached hydrogens (tertiary/aromatic N) is 5. The fourth-order valence-electron chi connectivity index (χ4n) is 3.00. The van der Waals surface area contributed by atoms with Crippen LogP contribution in [0.2, 0.25) is 0 Å². The molecule has 0 radical (unpaired) electrons. The molecule has 0 saturated carbocycles. The van der Waals surface area contributed by atoms with Gasteiger partial charge in [0.25, 0.3) is 0 Å². The smallest absolute Gasteiger partial charge is 0.147 e. The Hall–Kier alpha value is -1.79. The summed E-state index contributed by atoms with van der Waals surface area (Å²) in [5, 5.41) is 8.46. The van der Waals surface area contributed by atoms with Crippen molar-refractivity contribution >= 4 is 21.6 Å². The third kappa shape index (κ3) is 2.15. The lowest BCUT2D eigenvalue weighted by Gasteiger charge is -2.32. The maximum Gasteiger partial charge on any atom is 0.147 e. The molecule has 3 heterocycles. The molecule has 0 aliphatic carbocycles. The predicted octanol–water partition coefficient (Wildman–Crippen LogP) is 2.77. The standard InChI is InChI=1S/C15H17N5S/c1-10(12-3-4-14-13(7-12)16-9-21-14)19-5-6-20-11(2)17-18-15(20)8-19/h3-4,7,9-10H,5-6,8H2,1-2H3. The van der Waals surface area contributed by atoms with Crippen LogP contribution in [0.15, 0.2) is 23.7 Å². The topological polar surface area (TPSA) is 46.8 Å². The van der Waals surface area contributed by atoms with Gasteiger partial charge in [0.1, 0.15) is 11.6 Å². The van der Waals surface area contributed by atoms with Crippen LogP contribution in [0.5, 0.6) is 0 Å². The van der Waals surface area contributed by atoms with E-state index in [-0.39, 0.29) is 0 Å². The normalized spacial score (nSPS) is 17.0. The quantitative estimate of drug-likeness (QED) is 0.730. The zero-order valence-corrected chi connectivity index (χ0v) is 13.0. The summed E-state index contributed by atoms with van der Waals surface area (Å²) >= 11 is 1.69. The highest BCUT2D eigenvalue weighted by atomic mass is 32.1. The zero-order chi connectivity index (χ0) is 14.4. The van der Waals surface area contributed by atoms with Crippen LogP contribution in [0.25, 0.3) is 10.2 Å². The van der Waals surface area contributed by atoms with E-state index in [2.05, 4.69) is 49.8 Å². The highest BCUT2D eigenvalue weighted by molar-refractivity contribution is 7.16. The van der Waals surface area contributed by atoms with Gasteiger partial charge in [0.05, 0.1) is 22.3 Å². The van der Waals surface area contributed by atoms with Crippen molar-refractivity contribution in [3.63, 3.8) is 0 Å². The first-order valence-corrected chi connectivity index (χ1v) is 8.06. The van der Waals surface area contributed by atoms with Crippen LogP contribution in [-0.4, -0.2) is 31.2 Å². The van der Waals surface area contributed by atoms with Crippen molar-refractivity contribution in [2.24, 2.45) is 0 Å². The summed E-state index contributed by atoms with van der Waals surface area (Å²) in [7, 11) is 0. The Balaban J connectivity index is 1.61. The molecule has 108 valence electrons. The Morgan fingerprint density at radius 3 is 3.05 bits per heavy atom. The molecule has 1 aliphatic heterocycles. The summed E-state index contributed by atoms with van der Waals surface area (Å²) in [5.74, 6) is 2.08. The molecule has 1 unspecified atom stereocenters. The number of rotatable bonds is 2. The summed E-state index contributed by atoms with van der Waals surface area (Å²) in [6.45, 7) is 7.13. The van der Waals surface area contributed by atoms with E-state index in [0.29, 0.717) is 6.04 Å². The van der Waals surface area contributed by atoms with E-state index >= 15 is 0 Å². The van der Waals surface area contributed by atoms with Crippen LogP contribution in [0.1, 0.15) is 30.2 Å². The molecule has 0 amide bonds. The van der Waals surface area contributed by atoms with Crippen LogP contribution in [0, 0.1) is 6.92 Å². The van der Waals surface area contributed by atoms with E-state index in [1.807, 2.05) is 12.4 Å². The molecule has 1 aliphatic rings. The molecule has 1 atom stereocenters. The first-order valence-electron chi connectivity index (χ1n) is 7.18. The average Bonchev–Trinajstić information content (AvgIpc) is 3.12. The van der Waals surface area contributed by atoms with Gasteiger partial charge in [-0.2, -0.15) is 0 Å². The van der Waals surface area contributed by atoms with E-state index in [1.165, 1.54) is 10.3 Å². The zero-order valence-electron chi connectivity index (χ0n) is 12.2. The summed E-state index contributed by atoms with van der Waals surface area (Å²) < 4.78 is 3.47. The van der Waals surface area contributed by atoms with Crippen molar-refractivity contribution in [1.82, 2.24) is 24.6 Å². The first-order chi connectivity index (χ1) is 10.2. The lowest BCUT2D eigenvalue weighted by molar-refractivity contribution is 0.162. The summed E-state index contributed by atoms with van der Waals surface area (Å²) in [5.41, 5.74) is 4.32. The fraction of sp³-hybridized carbons (Fsp3) is 0.400. The molecule has 2 aromatic heterocycles. The monoisotopic (exact) mass is 299 g/mol. The van der Waals surface area contributed by atoms with Gasteiger partial charge in [-0.3, -0.25) is 4.90 Å². The van der Waals surface area contributed by atoms with E-state index in [1.54, 1.807) is 11.3 Å². The highest BCUT2D eigenvalue weighted by Gasteiger charge is 2.24. The molecule has 0 spiro atoms. The van der Waals surface area contributed by atoms with Gasteiger partial charge in [0, 0.05) is 19.1 Å². The van der Waals surface area contributed by atoms with Gasteiger partial charge >= 0.3 is 0 Å². The van der Waals surface area contributed by atoms with Gasteiger partial charge < -0.3 is 4.57 Å². The molecule has 0 fully saturated rings. The van der Waals surface area contributed by atoms with Gasteiger partial charge in [0.2, 0.25) is 0 Å². The lowest BCUT2D eigenvalue weighted by atomic mass is 10.1. The number of hydrogen-bond donors (Lipinski definition) is 0. The molecule has 0 N–H and O–H groups in total. The number of aromatic nitrogens is 4. The second kappa shape index (κ2) is 4.89. The van der Waals surface area contributed by atoms with Crippen molar-refractivity contribution in [2.75, 3.05) is 6.54 Å². The van der Waals surface area contributed by atoms with Gasteiger partial charge in [-0.05, 0) is 31.5 Å². The largest absolute Gasteiger partial charge is 0.313 e. The van der Waals surface area contributed by atoms with Gasteiger partial charge in [0.15, 0.2) is 0 Å². The van der Waals surface area contributed by atoms with Crippen LogP contribution < -0.4 is 0 Å². The van der Waals surface area contributed by atoms with E-state index < -0.39 is 0 Å². The molecule has 4 rings (SSSR count). The van der Waals surface area contributed by atoms with Crippen molar-refractivity contribution in [3.8, 4) is 0 Å². The average molecular weight is 299 g/mol. The molecule has 3 aromatic rings. The summed E-state index contributed by atoms with van der Waals surface area (Å²) in [6.07, 6.45) is 0. The minimum atomic E-state index is 0.363. The van der Waals surface area contributed by atoms with Gasteiger partial charge in [-0.1, -0.05) is 6.07 Å². The Kier molecular flexibility index (Phi) is 3.01. The molecule has 1 aromatic carbocycles. The Bertz CT molecular complexity index is 790. The minimum absolute atomic E-state index is 0.363. The fourth-order valence-corrected chi connectivity index (χ4v) is 3.66. The molecule has 5 nitrogen and oxygen atoms in total. The van der Waals surface area contributed by atoms with Crippen molar-refractivity contribution < 1.29 is 0 Å². The SMILES string of the molecule is Cc1nnc2n1CCN(C(C)c1ccc3scnc3c1)C2. The molecule has 21 heavy (non-hydrogen) atoms. The van der Waals surface area contributed by atoms with Crippen molar-refractivity contribution in [2.45, 2.75) is 33.0 Å². The Labute approximate surface area is 127 Å². The second-order valence-electron chi connectivity index (χ2n) is 5.54. The second-order valence-corrected chi connectivity index (χ2v) is 6.43. The molecular formula is C15H17N5S. The number of fused-ring (bicyclic) bond motifs is 2. The summed E-state index contributed by atoms with van der Waals surface area (Å²) in [6, 6.07) is 6.97. The van der Waals surface area contributed by atoms with Gasteiger partial charge in [-0.15, -0.1) is 21.5 Å². The molecular weight excluding hydrogens is 282 g/mol. The molecule has 6 heteroatoms. The van der Waals surface area contributed by atoms with Crippen LogP contribution in [0.3, 0.4) is 0 Å².